The fraction of sp³-hybridized carbons (Fsp3) is 0.231. The first-order valence-corrected chi connectivity index (χ1v) is 8.38. The number of carbonyl (C=O) groups excluding carboxylic acids is 1. The van der Waals surface area contributed by atoms with Crippen LogP contribution in [0.15, 0.2) is 34.5 Å². The van der Waals surface area contributed by atoms with E-state index in [0.717, 1.165) is 17.0 Å². The molecule has 0 saturated carbocycles. The van der Waals surface area contributed by atoms with Crippen LogP contribution in [0.4, 0.5) is 0 Å². The molecule has 0 saturated heterocycles. The van der Waals surface area contributed by atoms with Crippen molar-refractivity contribution in [3.05, 3.63) is 45.9 Å². The van der Waals surface area contributed by atoms with Crippen LogP contribution < -0.4 is 0 Å². The molecule has 2 rings (SSSR count). The Hall–Kier alpha value is -1.53. The van der Waals surface area contributed by atoms with Crippen molar-refractivity contribution in [2.45, 2.75) is 18.2 Å². The molecule has 6 heteroatoms. The Bertz CT molecular complexity index is 700. The zero-order chi connectivity index (χ0) is 14.0. The smallest absolute Gasteiger partial charge is 0.175 e. The van der Waals surface area contributed by atoms with E-state index in [2.05, 4.69) is 4.98 Å². The number of carbonyl (C=O) groups is 1. The quantitative estimate of drug-likeness (QED) is 0.812. The third-order valence-corrected chi connectivity index (χ3v) is 4.68. The molecular weight excluding hydrogens is 282 g/mol. The van der Waals surface area contributed by atoms with Gasteiger partial charge in [-0.2, -0.15) is 0 Å². The highest BCUT2D eigenvalue weighted by Crippen LogP contribution is 2.15. The summed E-state index contributed by atoms with van der Waals surface area (Å²) in [5.74, 6) is -0.0607. The molecule has 1 heterocycles. The average molecular weight is 295 g/mol. The van der Waals surface area contributed by atoms with Crippen LogP contribution in [0, 0.1) is 6.92 Å². The summed E-state index contributed by atoms with van der Waals surface area (Å²) < 4.78 is 22.6. The van der Waals surface area contributed by atoms with Gasteiger partial charge in [0.1, 0.15) is 5.01 Å². The molecule has 1 aromatic carbocycles. The van der Waals surface area contributed by atoms with Crippen LogP contribution in [0.1, 0.15) is 21.1 Å². The molecule has 1 aromatic heterocycles. The van der Waals surface area contributed by atoms with Crippen molar-refractivity contribution in [3.8, 4) is 0 Å². The maximum Gasteiger partial charge on any atom is 0.175 e. The van der Waals surface area contributed by atoms with Crippen LogP contribution in [0.3, 0.4) is 0 Å². The van der Waals surface area contributed by atoms with Gasteiger partial charge in [0.25, 0.3) is 0 Å². The van der Waals surface area contributed by atoms with Crippen molar-refractivity contribution in [2.24, 2.45) is 0 Å². The molecule has 4 nitrogen and oxygen atoms in total. The third kappa shape index (κ3) is 3.48. The molecule has 19 heavy (non-hydrogen) atoms. The summed E-state index contributed by atoms with van der Waals surface area (Å²) in [4.78, 5) is 16.5. The number of aromatic nitrogens is 1. The molecule has 0 fully saturated rings. The van der Waals surface area contributed by atoms with Gasteiger partial charge >= 0.3 is 0 Å². The van der Waals surface area contributed by atoms with Gasteiger partial charge in [-0.15, -0.1) is 11.3 Å². The summed E-state index contributed by atoms with van der Waals surface area (Å²) in [5, 5.41) is 2.67. The normalized spacial score (nSPS) is 11.5. The van der Waals surface area contributed by atoms with E-state index >= 15 is 0 Å². The Morgan fingerprint density at radius 2 is 1.89 bits per heavy atom. The number of nitrogens with zero attached hydrogens (tertiary/aromatic N) is 1. The van der Waals surface area contributed by atoms with Crippen molar-refractivity contribution < 1.29 is 13.2 Å². The van der Waals surface area contributed by atoms with Crippen molar-refractivity contribution in [1.29, 1.82) is 0 Å². The highest BCUT2D eigenvalue weighted by atomic mass is 32.2. The van der Waals surface area contributed by atoms with E-state index in [4.69, 9.17) is 0 Å². The van der Waals surface area contributed by atoms with Gasteiger partial charge in [0.2, 0.25) is 0 Å². The van der Waals surface area contributed by atoms with Crippen LogP contribution >= 0.6 is 11.3 Å². The number of rotatable bonds is 4. The first-order chi connectivity index (χ1) is 8.86. The molecule has 2 aromatic rings. The van der Waals surface area contributed by atoms with Crippen LogP contribution in [-0.4, -0.2) is 25.4 Å². The Morgan fingerprint density at radius 3 is 2.37 bits per heavy atom. The van der Waals surface area contributed by atoms with Crippen molar-refractivity contribution in [1.82, 2.24) is 4.98 Å². The number of aryl methyl sites for hydroxylation is 1. The van der Waals surface area contributed by atoms with Gasteiger partial charge in [-0.1, -0.05) is 12.1 Å². The Balaban J connectivity index is 2.16. The van der Waals surface area contributed by atoms with E-state index < -0.39 is 9.84 Å². The predicted octanol–water partition coefficient (Wildman–Crippen LogP) is 2.28. The predicted molar refractivity (Wildman–Crippen MR) is 74.4 cm³/mol. The van der Waals surface area contributed by atoms with Crippen LogP contribution in [-0.2, 0) is 16.3 Å². The topological polar surface area (TPSA) is 64.1 Å². The van der Waals surface area contributed by atoms with E-state index in [1.165, 1.54) is 23.5 Å². The van der Waals surface area contributed by atoms with E-state index in [-0.39, 0.29) is 17.1 Å². The molecule has 0 aliphatic carbocycles. The number of hydrogen-bond acceptors (Lipinski definition) is 5. The molecule has 0 unspecified atom stereocenters. The lowest BCUT2D eigenvalue weighted by Gasteiger charge is -2.01. The van der Waals surface area contributed by atoms with Gasteiger partial charge < -0.3 is 0 Å². The minimum atomic E-state index is -3.22. The fourth-order valence-corrected chi connectivity index (χ4v) is 3.01. The van der Waals surface area contributed by atoms with E-state index in [1.807, 2.05) is 12.3 Å². The average Bonchev–Trinajstić information content (AvgIpc) is 2.74. The summed E-state index contributed by atoms with van der Waals surface area (Å²) in [6.45, 7) is 1.88. The van der Waals surface area contributed by atoms with Gasteiger partial charge in [0, 0.05) is 22.9 Å². The lowest BCUT2D eigenvalue weighted by atomic mass is 10.1. The first-order valence-electron chi connectivity index (χ1n) is 5.60. The van der Waals surface area contributed by atoms with Gasteiger partial charge in [-0.05, 0) is 19.1 Å². The van der Waals surface area contributed by atoms with Gasteiger partial charge in [0.05, 0.1) is 11.3 Å². The Morgan fingerprint density at radius 1 is 1.26 bits per heavy atom. The minimum Gasteiger partial charge on any atom is -0.294 e. The summed E-state index contributed by atoms with van der Waals surface area (Å²) in [6.07, 6.45) is 1.39. The molecule has 0 bridgehead atoms. The monoisotopic (exact) mass is 295 g/mol. The molecule has 0 spiro atoms. The highest BCUT2D eigenvalue weighted by molar-refractivity contribution is 7.90. The van der Waals surface area contributed by atoms with E-state index in [0.29, 0.717) is 5.56 Å². The largest absolute Gasteiger partial charge is 0.294 e. The third-order valence-electron chi connectivity index (χ3n) is 2.58. The van der Waals surface area contributed by atoms with Gasteiger partial charge in [0.15, 0.2) is 15.6 Å². The number of benzene rings is 1. The van der Waals surface area contributed by atoms with Crippen molar-refractivity contribution in [2.75, 3.05) is 6.26 Å². The van der Waals surface area contributed by atoms with E-state index in [1.54, 1.807) is 12.1 Å². The number of hydrogen-bond donors (Lipinski definition) is 0. The molecule has 0 aliphatic heterocycles. The summed E-state index contributed by atoms with van der Waals surface area (Å²) in [7, 11) is -3.22. The standard InChI is InChI=1S/C13H13NO3S2/c1-9-8-18-13(14-9)7-12(15)10-3-5-11(6-4-10)19(2,16)17/h3-6,8H,7H2,1-2H3. The molecule has 0 atom stereocenters. The molecule has 0 amide bonds. The molecule has 100 valence electrons. The summed E-state index contributed by atoms with van der Waals surface area (Å²) in [6, 6.07) is 5.99. The molecular formula is C13H13NO3S2. The second-order valence-electron chi connectivity index (χ2n) is 4.28. The summed E-state index contributed by atoms with van der Waals surface area (Å²) >= 11 is 1.45. The Labute approximate surface area is 116 Å². The van der Waals surface area contributed by atoms with E-state index in [9.17, 15) is 13.2 Å². The van der Waals surface area contributed by atoms with Crippen LogP contribution in [0.25, 0.3) is 0 Å². The first kappa shape index (κ1) is 13.9. The highest BCUT2D eigenvalue weighted by Gasteiger charge is 2.12. The number of ketones is 1. The SMILES string of the molecule is Cc1csc(CC(=O)c2ccc(S(C)(=O)=O)cc2)n1. The van der Waals surface area contributed by atoms with Crippen LogP contribution in [0.2, 0.25) is 0 Å². The fourth-order valence-electron chi connectivity index (χ4n) is 1.61. The lowest BCUT2D eigenvalue weighted by Crippen LogP contribution is -2.04. The Kier molecular flexibility index (Phi) is 3.82. The maximum absolute atomic E-state index is 12.0. The lowest BCUT2D eigenvalue weighted by molar-refractivity contribution is 0.0993. The zero-order valence-electron chi connectivity index (χ0n) is 10.6. The van der Waals surface area contributed by atoms with Crippen molar-refractivity contribution in [3.63, 3.8) is 0 Å². The second-order valence-corrected chi connectivity index (χ2v) is 7.24. The second kappa shape index (κ2) is 5.22. The zero-order valence-corrected chi connectivity index (χ0v) is 12.2. The van der Waals surface area contributed by atoms with Gasteiger partial charge in [-0.3, -0.25) is 4.79 Å². The van der Waals surface area contributed by atoms with Crippen molar-refractivity contribution >= 4 is 27.0 Å². The molecule has 0 N–H and O–H groups in total. The van der Waals surface area contributed by atoms with Gasteiger partial charge in [-0.25, -0.2) is 13.4 Å². The molecule has 0 radical (unpaired) electrons. The van der Waals surface area contributed by atoms with Crippen LogP contribution in [0.5, 0.6) is 0 Å². The number of thiazole rings is 1. The summed E-state index contributed by atoms with van der Waals surface area (Å²) in [5.41, 5.74) is 1.40. The molecule has 0 aliphatic rings. The maximum atomic E-state index is 12.0. The number of sulfone groups is 1. The minimum absolute atomic E-state index is 0.0607. The number of Topliss-reactive ketones (excluding diaryl/α,β-unsaturated/α-hetero) is 1.